The van der Waals surface area contributed by atoms with Crippen molar-refractivity contribution < 1.29 is 14.7 Å². The number of H-pyrrole nitrogens is 1. The fourth-order valence-electron chi connectivity index (χ4n) is 2.82. The lowest BCUT2D eigenvalue weighted by Gasteiger charge is -2.01. The number of hydrogen-bond donors (Lipinski definition) is 3. The van der Waals surface area contributed by atoms with Gasteiger partial charge in [-0.1, -0.05) is 44.2 Å². The van der Waals surface area contributed by atoms with Crippen molar-refractivity contribution >= 4 is 17.8 Å². The largest absolute Gasteiger partial charge is 0.481 e. The summed E-state index contributed by atoms with van der Waals surface area (Å²) in [6, 6.07) is 9.39. The average molecular weight is 300 g/mol. The second-order valence-electron chi connectivity index (χ2n) is 5.98. The van der Waals surface area contributed by atoms with E-state index in [-0.39, 0.29) is 11.9 Å². The number of nitrogens with zero attached hydrogens (tertiary/aromatic N) is 2. The highest BCUT2D eigenvalue weighted by atomic mass is 16.4. The van der Waals surface area contributed by atoms with E-state index in [9.17, 15) is 9.59 Å². The van der Waals surface area contributed by atoms with E-state index in [1.807, 2.05) is 30.3 Å². The molecular formula is C15H16N4O3. The molecule has 0 spiro atoms. The minimum Gasteiger partial charge on any atom is -0.481 e. The summed E-state index contributed by atoms with van der Waals surface area (Å²) in [5.41, 5.74) is 0.305. The maximum absolute atomic E-state index is 12.2. The molecule has 3 rings (SSSR count). The molecule has 2 atom stereocenters. The van der Waals surface area contributed by atoms with E-state index in [0.717, 1.165) is 5.56 Å². The third kappa shape index (κ3) is 2.34. The van der Waals surface area contributed by atoms with Crippen LogP contribution in [0.4, 0.5) is 5.95 Å². The Balaban J connectivity index is 1.71. The Labute approximate surface area is 126 Å². The van der Waals surface area contributed by atoms with Crippen molar-refractivity contribution in [3.63, 3.8) is 0 Å². The molecule has 3 N–H and O–H groups in total. The summed E-state index contributed by atoms with van der Waals surface area (Å²) in [4.78, 5) is 27.5. The minimum atomic E-state index is -0.954. The number of carboxylic acids is 1. The molecule has 7 nitrogen and oxygen atoms in total. The molecule has 1 saturated carbocycles. The van der Waals surface area contributed by atoms with E-state index in [4.69, 9.17) is 5.11 Å². The highest BCUT2D eigenvalue weighted by Crippen LogP contribution is 2.58. The van der Waals surface area contributed by atoms with Gasteiger partial charge in [0.05, 0.1) is 11.8 Å². The zero-order valence-electron chi connectivity index (χ0n) is 12.2. The second-order valence-corrected chi connectivity index (χ2v) is 5.98. The lowest BCUT2D eigenvalue weighted by Crippen LogP contribution is -2.18. The molecule has 0 saturated heterocycles. The Morgan fingerprint density at radius 2 is 1.91 bits per heavy atom. The molecule has 0 aliphatic heterocycles. The van der Waals surface area contributed by atoms with Gasteiger partial charge in [-0.25, -0.2) is 0 Å². The van der Waals surface area contributed by atoms with Crippen molar-refractivity contribution in [2.45, 2.75) is 13.8 Å². The summed E-state index contributed by atoms with van der Waals surface area (Å²) in [5, 5.41) is 18.4. The molecule has 1 aliphatic rings. The van der Waals surface area contributed by atoms with Crippen molar-refractivity contribution in [3.05, 3.63) is 30.3 Å². The van der Waals surface area contributed by atoms with E-state index < -0.39 is 23.2 Å². The van der Waals surface area contributed by atoms with Gasteiger partial charge in [-0.15, -0.1) is 5.10 Å². The van der Waals surface area contributed by atoms with Gasteiger partial charge >= 0.3 is 5.97 Å². The smallest absolute Gasteiger partial charge is 0.307 e. The number of aliphatic carboxylic acids is 1. The van der Waals surface area contributed by atoms with E-state index >= 15 is 0 Å². The number of aromatic nitrogens is 3. The first kappa shape index (κ1) is 14.2. The zero-order valence-corrected chi connectivity index (χ0v) is 12.2. The number of nitrogens with one attached hydrogen (secondary N) is 2. The molecule has 1 aliphatic carbocycles. The first-order valence-electron chi connectivity index (χ1n) is 6.92. The number of aromatic amines is 1. The molecule has 7 heteroatoms. The number of amides is 1. The highest BCUT2D eigenvalue weighted by Gasteiger charge is 2.66. The highest BCUT2D eigenvalue weighted by molar-refractivity contribution is 5.98. The molecule has 1 amide bonds. The first-order chi connectivity index (χ1) is 10.4. The van der Waals surface area contributed by atoms with Gasteiger partial charge in [0.1, 0.15) is 0 Å². The van der Waals surface area contributed by atoms with Gasteiger partial charge in [0.15, 0.2) is 5.82 Å². The predicted molar refractivity (Wildman–Crippen MR) is 78.8 cm³/mol. The SMILES string of the molecule is CC1(C)[C@H](C(=O)O)[C@H]1C(=O)Nc1n[nH]c(-c2ccccc2)n1. The van der Waals surface area contributed by atoms with Crippen LogP contribution in [0.5, 0.6) is 0 Å². The Morgan fingerprint density at radius 1 is 1.23 bits per heavy atom. The summed E-state index contributed by atoms with van der Waals surface area (Å²) < 4.78 is 0. The summed E-state index contributed by atoms with van der Waals surface area (Å²) in [5.74, 6) is -1.86. The monoisotopic (exact) mass is 300 g/mol. The van der Waals surface area contributed by atoms with Gasteiger partial charge in [-0.3, -0.25) is 20.0 Å². The second kappa shape index (κ2) is 4.94. The van der Waals surface area contributed by atoms with Gasteiger partial charge in [0.25, 0.3) is 0 Å². The number of hydrogen-bond acceptors (Lipinski definition) is 4. The number of carbonyl (C=O) groups is 2. The van der Waals surface area contributed by atoms with Gasteiger partial charge in [0, 0.05) is 5.56 Å². The molecule has 114 valence electrons. The van der Waals surface area contributed by atoms with Crippen LogP contribution in [0.1, 0.15) is 13.8 Å². The van der Waals surface area contributed by atoms with Crippen LogP contribution in [0.15, 0.2) is 30.3 Å². The summed E-state index contributed by atoms with van der Waals surface area (Å²) in [7, 11) is 0. The van der Waals surface area contributed by atoms with Crippen molar-refractivity contribution in [1.82, 2.24) is 15.2 Å². The Morgan fingerprint density at radius 3 is 2.50 bits per heavy atom. The molecular weight excluding hydrogens is 284 g/mol. The standard InChI is InChI=1S/C15H16N4O3/c1-15(2)9(10(15)13(21)22)12(20)17-14-16-11(18-19-14)8-6-4-3-5-7-8/h3-7,9-10H,1-2H3,(H,21,22)(H2,16,17,18,19,20)/t9-,10-/m0/s1. The maximum atomic E-state index is 12.2. The van der Waals surface area contributed by atoms with Crippen LogP contribution >= 0.6 is 0 Å². The summed E-state index contributed by atoms with van der Waals surface area (Å²) >= 11 is 0. The summed E-state index contributed by atoms with van der Waals surface area (Å²) in [6.45, 7) is 3.53. The van der Waals surface area contributed by atoms with Gasteiger partial charge in [-0.2, -0.15) is 4.98 Å². The molecule has 2 aromatic rings. The topological polar surface area (TPSA) is 108 Å². The van der Waals surface area contributed by atoms with Crippen LogP contribution in [-0.4, -0.2) is 32.2 Å². The van der Waals surface area contributed by atoms with Crippen LogP contribution in [0.3, 0.4) is 0 Å². The number of carboxylic acid groups (broad SMARTS) is 1. The molecule has 1 heterocycles. The van der Waals surface area contributed by atoms with Gasteiger partial charge in [0.2, 0.25) is 11.9 Å². The Bertz CT molecular complexity index is 723. The predicted octanol–water partition coefficient (Wildman–Crippen LogP) is 1.77. The van der Waals surface area contributed by atoms with Crippen LogP contribution in [0.2, 0.25) is 0 Å². The van der Waals surface area contributed by atoms with Crippen molar-refractivity contribution in [1.29, 1.82) is 0 Å². The molecule has 0 bridgehead atoms. The Hall–Kier alpha value is -2.70. The molecule has 1 aromatic heterocycles. The molecule has 1 fully saturated rings. The van der Waals surface area contributed by atoms with Crippen LogP contribution in [0.25, 0.3) is 11.4 Å². The van der Waals surface area contributed by atoms with E-state index in [2.05, 4.69) is 20.5 Å². The van der Waals surface area contributed by atoms with Gasteiger partial charge < -0.3 is 5.11 Å². The van der Waals surface area contributed by atoms with Crippen molar-refractivity contribution in [2.24, 2.45) is 17.3 Å². The number of benzene rings is 1. The van der Waals surface area contributed by atoms with E-state index in [1.54, 1.807) is 13.8 Å². The first-order valence-corrected chi connectivity index (χ1v) is 6.92. The van der Waals surface area contributed by atoms with Crippen molar-refractivity contribution in [2.75, 3.05) is 5.32 Å². The van der Waals surface area contributed by atoms with Crippen LogP contribution < -0.4 is 5.32 Å². The van der Waals surface area contributed by atoms with E-state index in [0.29, 0.717) is 5.82 Å². The zero-order chi connectivity index (χ0) is 15.9. The fraction of sp³-hybridized carbons (Fsp3) is 0.333. The molecule has 1 aromatic carbocycles. The van der Waals surface area contributed by atoms with Crippen LogP contribution in [-0.2, 0) is 9.59 Å². The molecule has 0 unspecified atom stereocenters. The number of carbonyl (C=O) groups excluding carboxylic acids is 1. The Kier molecular flexibility index (Phi) is 3.20. The lowest BCUT2D eigenvalue weighted by atomic mass is 10.1. The fourth-order valence-corrected chi connectivity index (χ4v) is 2.82. The van der Waals surface area contributed by atoms with E-state index in [1.165, 1.54) is 0 Å². The molecule has 22 heavy (non-hydrogen) atoms. The molecule has 0 radical (unpaired) electrons. The quantitative estimate of drug-likeness (QED) is 0.797. The average Bonchev–Trinajstić information content (AvgIpc) is 2.82. The normalized spacial score (nSPS) is 22.1. The lowest BCUT2D eigenvalue weighted by molar-refractivity contribution is -0.140. The van der Waals surface area contributed by atoms with Crippen LogP contribution in [0, 0.1) is 17.3 Å². The third-order valence-corrected chi connectivity index (χ3v) is 4.14. The van der Waals surface area contributed by atoms with Crippen molar-refractivity contribution in [3.8, 4) is 11.4 Å². The number of rotatable bonds is 4. The maximum Gasteiger partial charge on any atom is 0.307 e. The summed E-state index contributed by atoms with van der Waals surface area (Å²) in [6.07, 6.45) is 0. The number of anilines is 1. The van der Waals surface area contributed by atoms with Gasteiger partial charge in [-0.05, 0) is 5.41 Å². The third-order valence-electron chi connectivity index (χ3n) is 4.14. The minimum absolute atomic E-state index is 0.149.